The third kappa shape index (κ3) is 5.95. The van der Waals surface area contributed by atoms with Gasteiger partial charge in [0.1, 0.15) is 11.5 Å². The average Bonchev–Trinajstić information content (AvgIpc) is 2.77. The van der Waals surface area contributed by atoms with Gasteiger partial charge in [-0.15, -0.1) is 10.1 Å². The second-order valence-electron chi connectivity index (χ2n) is 6.75. The number of hydroxylamine groups is 4. The first-order chi connectivity index (χ1) is 14.3. The molecule has 0 saturated heterocycles. The van der Waals surface area contributed by atoms with Crippen molar-refractivity contribution in [3.63, 3.8) is 0 Å². The van der Waals surface area contributed by atoms with Crippen LogP contribution < -0.4 is 9.47 Å². The van der Waals surface area contributed by atoms with Crippen LogP contribution in [-0.4, -0.2) is 50.4 Å². The summed E-state index contributed by atoms with van der Waals surface area (Å²) in [5.74, 6) is -0.760. The summed E-state index contributed by atoms with van der Waals surface area (Å²) >= 11 is 0. The van der Waals surface area contributed by atoms with Gasteiger partial charge in [-0.05, 0) is 49.2 Å². The summed E-state index contributed by atoms with van der Waals surface area (Å²) in [7, 11) is 6.32. The van der Waals surface area contributed by atoms with E-state index in [1.54, 1.807) is 28.3 Å². The zero-order valence-electron chi connectivity index (χ0n) is 18.1. The van der Waals surface area contributed by atoms with Crippen molar-refractivity contribution in [2.75, 3.05) is 28.3 Å². The highest BCUT2D eigenvalue weighted by Gasteiger charge is 2.26. The molecule has 0 saturated carbocycles. The lowest BCUT2D eigenvalue weighted by Crippen LogP contribution is -2.35. The van der Waals surface area contributed by atoms with Gasteiger partial charge in [0.25, 0.3) is 0 Å². The minimum absolute atomic E-state index is 0.274. The van der Waals surface area contributed by atoms with Crippen LogP contribution in [0.5, 0.6) is 11.5 Å². The first-order valence-electron chi connectivity index (χ1n) is 9.44. The van der Waals surface area contributed by atoms with Gasteiger partial charge < -0.3 is 19.1 Å². The van der Waals surface area contributed by atoms with E-state index in [2.05, 4.69) is 0 Å². The third-order valence-electron chi connectivity index (χ3n) is 4.91. The highest BCUT2D eigenvalue weighted by molar-refractivity contribution is 6.29. The summed E-state index contributed by atoms with van der Waals surface area (Å²) in [5.41, 5.74) is 1.79. The van der Waals surface area contributed by atoms with E-state index in [0.717, 1.165) is 22.6 Å². The van der Waals surface area contributed by atoms with E-state index in [0.29, 0.717) is 0 Å². The Morgan fingerprint density at radius 2 is 0.967 bits per heavy atom. The van der Waals surface area contributed by atoms with Gasteiger partial charge in [-0.2, -0.15) is 0 Å². The third-order valence-corrected chi connectivity index (χ3v) is 4.91. The Kier molecular flexibility index (Phi) is 8.20. The molecule has 8 nitrogen and oxygen atoms in total. The minimum atomic E-state index is -1.10. The molecule has 30 heavy (non-hydrogen) atoms. The van der Waals surface area contributed by atoms with E-state index >= 15 is 0 Å². The lowest BCUT2D eigenvalue weighted by Gasteiger charge is -2.25. The highest BCUT2D eigenvalue weighted by Crippen LogP contribution is 2.23. The van der Waals surface area contributed by atoms with Crippen molar-refractivity contribution in [3.05, 3.63) is 59.7 Å². The fourth-order valence-corrected chi connectivity index (χ4v) is 2.68. The smallest absolute Gasteiger partial charge is 0.438 e. The molecule has 0 spiro atoms. The zero-order valence-corrected chi connectivity index (χ0v) is 18.1. The Balaban J connectivity index is 1.91. The molecular weight excluding hydrogens is 388 g/mol. The number of carbonyl (C=O) groups excluding carboxylic acids is 2. The Labute approximate surface area is 176 Å². The van der Waals surface area contributed by atoms with Gasteiger partial charge in [-0.25, -0.2) is 9.59 Å². The fourth-order valence-electron chi connectivity index (χ4n) is 2.68. The molecule has 0 aliphatic rings. The number of benzene rings is 2. The van der Waals surface area contributed by atoms with Crippen LogP contribution in [0.3, 0.4) is 0 Å². The standard InChI is InChI=1S/C22H28N2O6/c1-15(17-7-11-19(27-5)12-8-17)23(3)29-21(25)22(26)30-24(4)16(2)18-9-13-20(28-6)14-10-18/h7-16H,1-6H3. The van der Waals surface area contributed by atoms with E-state index in [-0.39, 0.29) is 12.1 Å². The highest BCUT2D eigenvalue weighted by atomic mass is 16.8. The van der Waals surface area contributed by atoms with Crippen LogP contribution >= 0.6 is 0 Å². The molecule has 2 aromatic carbocycles. The molecule has 0 fully saturated rings. The lowest BCUT2D eigenvalue weighted by atomic mass is 10.1. The quantitative estimate of drug-likeness (QED) is 0.479. The van der Waals surface area contributed by atoms with Gasteiger partial charge >= 0.3 is 11.9 Å². The second-order valence-corrected chi connectivity index (χ2v) is 6.75. The number of rotatable bonds is 8. The van der Waals surface area contributed by atoms with Crippen LogP contribution in [0.2, 0.25) is 0 Å². The van der Waals surface area contributed by atoms with Crippen molar-refractivity contribution in [2.45, 2.75) is 25.9 Å². The molecule has 0 amide bonds. The fraction of sp³-hybridized carbons (Fsp3) is 0.364. The number of ether oxygens (including phenoxy) is 2. The molecule has 0 radical (unpaired) electrons. The Bertz CT molecular complexity index is 766. The Morgan fingerprint density at radius 1 is 0.667 bits per heavy atom. The molecular formula is C22H28N2O6. The van der Waals surface area contributed by atoms with Crippen molar-refractivity contribution in [2.24, 2.45) is 0 Å². The zero-order chi connectivity index (χ0) is 22.3. The Hall–Kier alpha value is -3.10. The second kappa shape index (κ2) is 10.6. The summed E-state index contributed by atoms with van der Waals surface area (Å²) in [6.45, 7) is 3.69. The molecule has 2 unspecified atom stereocenters. The number of carbonyl (C=O) groups is 2. The number of methoxy groups -OCH3 is 2. The summed E-state index contributed by atoms with van der Waals surface area (Å²) < 4.78 is 10.3. The van der Waals surface area contributed by atoms with E-state index < -0.39 is 11.9 Å². The lowest BCUT2D eigenvalue weighted by molar-refractivity contribution is -0.221. The van der Waals surface area contributed by atoms with E-state index in [9.17, 15) is 9.59 Å². The molecule has 2 aromatic rings. The van der Waals surface area contributed by atoms with Crippen molar-refractivity contribution < 1.29 is 28.7 Å². The van der Waals surface area contributed by atoms with Gasteiger partial charge in [-0.1, -0.05) is 24.3 Å². The van der Waals surface area contributed by atoms with E-state index in [1.165, 1.54) is 10.1 Å². The first kappa shape index (κ1) is 23.2. The summed E-state index contributed by atoms with van der Waals surface area (Å²) in [4.78, 5) is 34.6. The minimum Gasteiger partial charge on any atom is -0.497 e. The van der Waals surface area contributed by atoms with Crippen molar-refractivity contribution in [1.29, 1.82) is 0 Å². The molecule has 2 atom stereocenters. The maximum Gasteiger partial charge on any atom is 0.438 e. The van der Waals surface area contributed by atoms with Crippen LogP contribution in [0, 0.1) is 0 Å². The number of nitrogens with zero attached hydrogens (tertiary/aromatic N) is 2. The van der Waals surface area contributed by atoms with Crippen molar-refractivity contribution in [1.82, 2.24) is 10.1 Å². The van der Waals surface area contributed by atoms with Gasteiger partial charge in [0, 0.05) is 14.1 Å². The molecule has 0 heterocycles. The SMILES string of the molecule is COc1ccc(C(C)N(C)OC(=O)C(=O)ON(C)C(C)c2ccc(OC)cc2)cc1. The predicted molar refractivity (Wildman–Crippen MR) is 111 cm³/mol. The van der Waals surface area contributed by atoms with Crippen LogP contribution in [0.4, 0.5) is 0 Å². The molecule has 0 aliphatic carbocycles. The molecule has 8 heteroatoms. The molecule has 0 bridgehead atoms. The largest absolute Gasteiger partial charge is 0.497 e. The van der Waals surface area contributed by atoms with Crippen LogP contribution in [0.1, 0.15) is 37.1 Å². The van der Waals surface area contributed by atoms with E-state index in [1.807, 2.05) is 62.4 Å². The average molecular weight is 416 g/mol. The van der Waals surface area contributed by atoms with E-state index in [4.69, 9.17) is 19.1 Å². The molecule has 0 N–H and O–H groups in total. The van der Waals surface area contributed by atoms with Crippen LogP contribution in [0.15, 0.2) is 48.5 Å². The summed E-state index contributed by atoms with van der Waals surface area (Å²) in [6.07, 6.45) is 0. The summed E-state index contributed by atoms with van der Waals surface area (Å²) in [5, 5.41) is 2.61. The van der Waals surface area contributed by atoms with Crippen LogP contribution in [0.25, 0.3) is 0 Å². The van der Waals surface area contributed by atoms with Crippen molar-refractivity contribution in [3.8, 4) is 11.5 Å². The van der Waals surface area contributed by atoms with Crippen molar-refractivity contribution >= 4 is 11.9 Å². The number of hydrogen-bond acceptors (Lipinski definition) is 8. The monoisotopic (exact) mass is 416 g/mol. The predicted octanol–water partition coefficient (Wildman–Crippen LogP) is 3.31. The molecule has 162 valence electrons. The van der Waals surface area contributed by atoms with Gasteiger partial charge in [0.15, 0.2) is 0 Å². The molecule has 2 rings (SSSR count). The van der Waals surface area contributed by atoms with Gasteiger partial charge in [-0.3, -0.25) is 0 Å². The first-order valence-corrected chi connectivity index (χ1v) is 9.44. The molecule has 0 aliphatic heterocycles. The summed E-state index contributed by atoms with van der Waals surface area (Å²) in [6, 6.07) is 14.1. The molecule has 0 aromatic heterocycles. The van der Waals surface area contributed by atoms with Gasteiger partial charge in [0.2, 0.25) is 0 Å². The Morgan fingerprint density at radius 3 is 1.23 bits per heavy atom. The maximum absolute atomic E-state index is 12.2. The van der Waals surface area contributed by atoms with Gasteiger partial charge in [0.05, 0.1) is 26.3 Å². The number of hydrogen-bond donors (Lipinski definition) is 0. The topological polar surface area (TPSA) is 77.5 Å². The maximum atomic E-state index is 12.2. The normalized spacial score (nSPS) is 12.9. The van der Waals surface area contributed by atoms with Crippen LogP contribution in [-0.2, 0) is 19.3 Å².